The second-order valence-corrected chi connectivity index (χ2v) is 8.56. The smallest absolute Gasteiger partial charge is 0.257 e. The Morgan fingerprint density at radius 3 is 3.00 bits per heavy atom. The summed E-state index contributed by atoms with van der Waals surface area (Å²) in [6.45, 7) is 4.65. The van der Waals surface area contributed by atoms with Crippen LogP contribution in [-0.2, 0) is 5.75 Å². The number of nitrogens with zero attached hydrogens (tertiary/aromatic N) is 3. The number of pyridine rings is 1. The van der Waals surface area contributed by atoms with E-state index in [0.29, 0.717) is 11.3 Å². The molecule has 27 heavy (non-hydrogen) atoms. The minimum absolute atomic E-state index is 0.0697. The van der Waals surface area contributed by atoms with Crippen LogP contribution in [0.15, 0.2) is 45.4 Å². The minimum Gasteiger partial charge on any atom is -0.361 e. The Kier molecular flexibility index (Phi) is 5.31. The normalized spacial score (nSPS) is 16.8. The van der Waals surface area contributed by atoms with Crippen LogP contribution in [0.5, 0.6) is 0 Å². The van der Waals surface area contributed by atoms with E-state index in [1.807, 2.05) is 30.9 Å². The first-order chi connectivity index (χ1) is 13.1. The second-order valence-electron chi connectivity index (χ2n) is 6.62. The number of carbonyl (C=O) groups excluding carboxylic acids is 1. The van der Waals surface area contributed by atoms with Crippen molar-refractivity contribution >= 4 is 29.0 Å². The van der Waals surface area contributed by atoms with Crippen molar-refractivity contribution in [3.63, 3.8) is 0 Å². The molecule has 0 N–H and O–H groups in total. The third kappa shape index (κ3) is 3.66. The van der Waals surface area contributed by atoms with Crippen LogP contribution in [0.25, 0.3) is 0 Å². The molecular formula is C20H21N3O2S2. The summed E-state index contributed by atoms with van der Waals surface area (Å²) in [6, 6.07) is 8.07. The maximum Gasteiger partial charge on any atom is 0.257 e. The van der Waals surface area contributed by atoms with E-state index in [1.54, 1.807) is 29.3 Å². The summed E-state index contributed by atoms with van der Waals surface area (Å²) in [4.78, 5) is 21.1. The molecule has 4 heterocycles. The lowest BCUT2D eigenvalue weighted by atomic mass is 10.1. The summed E-state index contributed by atoms with van der Waals surface area (Å²) in [6.07, 6.45) is 3.80. The first kappa shape index (κ1) is 18.3. The summed E-state index contributed by atoms with van der Waals surface area (Å²) in [7, 11) is 0. The Hall–Kier alpha value is -2.12. The Balaban J connectivity index is 1.56. The van der Waals surface area contributed by atoms with Crippen LogP contribution in [0.2, 0.25) is 0 Å². The van der Waals surface area contributed by atoms with E-state index >= 15 is 0 Å². The Bertz CT molecular complexity index is 917. The molecule has 0 bridgehead atoms. The van der Waals surface area contributed by atoms with E-state index in [4.69, 9.17) is 4.52 Å². The molecule has 7 heteroatoms. The zero-order valence-electron chi connectivity index (χ0n) is 15.3. The van der Waals surface area contributed by atoms with Crippen molar-refractivity contribution in [1.82, 2.24) is 15.0 Å². The summed E-state index contributed by atoms with van der Waals surface area (Å²) >= 11 is 3.28. The first-order valence-electron chi connectivity index (χ1n) is 8.99. The largest absolute Gasteiger partial charge is 0.361 e. The van der Waals surface area contributed by atoms with Gasteiger partial charge in [0.2, 0.25) is 0 Å². The van der Waals surface area contributed by atoms with Crippen LogP contribution >= 0.6 is 23.1 Å². The third-order valence-electron chi connectivity index (χ3n) is 4.92. The highest BCUT2D eigenvalue weighted by molar-refractivity contribution is 7.98. The van der Waals surface area contributed by atoms with Gasteiger partial charge in [-0.15, -0.1) is 23.1 Å². The summed E-state index contributed by atoms with van der Waals surface area (Å²) < 4.78 is 5.24. The van der Waals surface area contributed by atoms with E-state index in [9.17, 15) is 4.79 Å². The lowest BCUT2D eigenvalue weighted by molar-refractivity contribution is 0.0733. The lowest BCUT2D eigenvalue weighted by Crippen LogP contribution is -2.30. The fraction of sp³-hybridized carbons (Fsp3) is 0.350. The highest BCUT2D eigenvalue weighted by Crippen LogP contribution is 2.36. The van der Waals surface area contributed by atoms with Crippen molar-refractivity contribution in [3.8, 4) is 0 Å². The van der Waals surface area contributed by atoms with E-state index < -0.39 is 0 Å². The molecular weight excluding hydrogens is 378 g/mol. The Morgan fingerprint density at radius 1 is 1.37 bits per heavy atom. The minimum atomic E-state index is 0.0697. The van der Waals surface area contributed by atoms with Gasteiger partial charge in [0.15, 0.2) is 0 Å². The number of likely N-dealkylation sites (tertiary alicyclic amines) is 1. The SMILES string of the molecule is Cc1noc(C)c1CSc1ncccc1C(=O)N1CCCC1c1cccs1. The Labute approximate surface area is 166 Å². The standard InChI is InChI=1S/C20H21N3O2S2/c1-13-16(14(2)25-22-13)12-27-19-15(6-3-9-21-19)20(24)23-10-4-7-17(23)18-8-5-11-26-18/h3,5-6,8-9,11,17H,4,7,10,12H2,1-2H3. The van der Waals surface area contributed by atoms with Gasteiger partial charge in [0, 0.05) is 28.9 Å². The van der Waals surface area contributed by atoms with E-state index in [2.05, 4.69) is 27.7 Å². The van der Waals surface area contributed by atoms with Gasteiger partial charge in [-0.2, -0.15) is 0 Å². The lowest BCUT2D eigenvalue weighted by Gasteiger charge is -2.24. The number of rotatable bonds is 5. The second kappa shape index (κ2) is 7.86. The molecule has 1 aliphatic rings. The number of hydrogen-bond donors (Lipinski definition) is 0. The van der Waals surface area contributed by atoms with Gasteiger partial charge in [-0.25, -0.2) is 4.98 Å². The van der Waals surface area contributed by atoms with Crippen molar-refractivity contribution in [3.05, 3.63) is 63.3 Å². The summed E-state index contributed by atoms with van der Waals surface area (Å²) in [5, 5.41) is 6.84. The molecule has 0 saturated carbocycles. The molecule has 1 aliphatic heterocycles. The number of hydrogen-bond acceptors (Lipinski definition) is 6. The van der Waals surface area contributed by atoms with Crippen molar-refractivity contribution < 1.29 is 9.32 Å². The highest BCUT2D eigenvalue weighted by Gasteiger charge is 2.32. The van der Waals surface area contributed by atoms with Gasteiger partial charge in [0.1, 0.15) is 10.8 Å². The number of aromatic nitrogens is 2. The van der Waals surface area contributed by atoms with Gasteiger partial charge >= 0.3 is 0 Å². The van der Waals surface area contributed by atoms with Gasteiger partial charge in [-0.05, 0) is 50.3 Å². The predicted molar refractivity (Wildman–Crippen MR) is 107 cm³/mol. The quantitative estimate of drug-likeness (QED) is 0.564. The molecule has 5 nitrogen and oxygen atoms in total. The van der Waals surface area contributed by atoms with Crippen LogP contribution in [0, 0.1) is 13.8 Å². The highest BCUT2D eigenvalue weighted by atomic mass is 32.2. The van der Waals surface area contributed by atoms with Crippen LogP contribution in [0.4, 0.5) is 0 Å². The molecule has 0 radical (unpaired) electrons. The molecule has 0 aromatic carbocycles. The summed E-state index contributed by atoms with van der Waals surface area (Å²) in [5.74, 6) is 1.58. The van der Waals surface area contributed by atoms with Gasteiger partial charge in [-0.3, -0.25) is 4.79 Å². The summed E-state index contributed by atoms with van der Waals surface area (Å²) in [5.41, 5.74) is 2.64. The monoisotopic (exact) mass is 399 g/mol. The molecule has 3 aromatic heterocycles. The van der Waals surface area contributed by atoms with Crippen LogP contribution in [0.3, 0.4) is 0 Å². The molecule has 4 rings (SSSR count). The van der Waals surface area contributed by atoms with Gasteiger partial charge < -0.3 is 9.42 Å². The molecule has 1 unspecified atom stereocenters. The Morgan fingerprint density at radius 2 is 2.26 bits per heavy atom. The number of aryl methyl sites for hydroxylation is 2. The number of amides is 1. The first-order valence-corrected chi connectivity index (χ1v) is 10.9. The van der Waals surface area contributed by atoms with Crippen molar-refractivity contribution in [2.75, 3.05) is 6.54 Å². The zero-order chi connectivity index (χ0) is 18.8. The number of thiophene rings is 1. The molecule has 140 valence electrons. The van der Waals surface area contributed by atoms with Crippen LogP contribution in [0.1, 0.15) is 51.1 Å². The fourth-order valence-electron chi connectivity index (χ4n) is 3.46. The molecule has 3 aromatic rings. The maximum absolute atomic E-state index is 13.3. The molecule has 1 saturated heterocycles. The molecule has 1 amide bonds. The van der Waals surface area contributed by atoms with E-state index in [1.165, 1.54) is 4.88 Å². The average molecular weight is 400 g/mol. The number of thioether (sulfide) groups is 1. The van der Waals surface area contributed by atoms with Gasteiger partial charge in [0.25, 0.3) is 5.91 Å². The predicted octanol–water partition coefficient (Wildman–Crippen LogP) is 5.02. The van der Waals surface area contributed by atoms with Gasteiger partial charge in [0.05, 0.1) is 17.3 Å². The molecule has 0 spiro atoms. The fourth-order valence-corrected chi connectivity index (χ4v) is 5.47. The zero-order valence-corrected chi connectivity index (χ0v) is 17.0. The maximum atomic E-state index is 13.3. The number of carbonyl (C=O) groups is 1. The topological polar surface area (TPSA) is 59.2 Å². The van der Waals surface area contributed by atoms with Crippen LogP contribution < -0.4 is 0 Å². The molecule has 0 aliphatic carbocycles. The van der Waals surface area contributed by atoms with Gasteiger partial charge in [-0.1, -0.05) is 11.2 Å². The van der Waals surface area contributed by atoms with Crippen molar-refractivity contribution in [2.24, 2.45) is 0 Å². The average Bonchev–Trinajstić information content (AvgIpc) is 3.42. The van der Waals surface area contributed by atoms with Crippen molar-refractivity contribution in [2.45, 2.75) is 43.5 Å². The van der Waals surface area contributed by atoms with Crippen molar-refractivity contribution in [1.29, 1.82) is 0 Å². The third-order valence-corrected chi connectivity index (χ3v) is 6.93. The van der Waals surface area contributed by atoms with E-state index in [-0.39, 0.29) is 11.9 Å². The van der Waals surface area contributed by atoms with E-state index in [0.717, 1.165) is 41.4 Å². The molecule has 1 atom stereocenters. The van der Waals surface area contributed by atoms with Crippen LogP contribution in [-0.4, -0.2) is 27.5 Å². The molecule has 1 fully saturated rings.